The van der Waals surface area contributed by atoms with Crippen LogP contribution in [0.2, 0.25) is 0 Å². The third-order valence-corrected chi connectivity index (χ3v) is 4.72. The van der Waals surface area contributed by atoms with Crippen molar-refractivity contribution in [1.29, 1.82) is 0 Å². The maximum absolute atomic E-state index is 12.3. The summed E-state index contributed by atoms with van der Waals surface area (Å²) in [7, 11) is 0. The van der Waals surface area contributed by atoms with Crippen molar-refractivity contribution in [3.05, 3.63) is 64.1 Å². The number of carbonyl (C=O) groups is 2. The minimum absolute atomic E-state index is 0.0305. The summed E-state index contributed by atoms with van der Waals surface area (Å²) >= 11 is 3.42. The summed E-state index contributed by atoms with van der Waals surface area (Å²) in [4.78, 5) is 24.1. The Balaban J connectivity index is 1.53. The van der Waals surface area contributed by atoms with Gasteiger partial charge in [-0.25, -0.2) is 0 Å². The van der Waals surface area contributed by atoms with E-state index in [1.165, 1.54) is 5.56 Å². The first-order chi connectivity index (χ1) is 12.0. The number of anilines is 1. The number of benzene rings is 2. The van der Waals surface area contributed by atoms with Crippen LogP contribution in [0.25, 0.3) is 0 Å². The Morgan fingerprint density at radius 1 is 1.08 bits per heavy atom. The van der Waals surface area contributed by atoms with Crippen molar-refractivity contribution in [3.8, 4) is 0 Å². The first-order valence-corrected chi connectivity index (χ1v) is 9.27. The van der Waals surface area contributed by atoms with Gasteiger partial charge in [0.1, 0.15) is 0 Å². The molecule has 1 aliphatic rings. The largest absolute Gasteiger partial charge is 0.349 e. The topological polar surface area (TPSA) is 58.2 Å². The SMILES string of the molecule is CC(Cc1ccc(Br)cc1)NC(=O)c1ccc(NC(=O)C2CC2)cc1. The van der Waals surface area contributed by atoms with Crippen molar-refractivity contribution >= 4 is 33.4 Å². The normalized spacial score (nSPS) is 14.6. The Bertz CT molecular complexity index is 752. The first kappa shape index (κ1) is 17.7. The predicted octanol–water partition coefficient (Wildman–Crippen LogP) is 4.16. The van der Waals surface area contributed by atoms with Gasteiger partial charge in [0, 0.05) is 27.7 Å². The number of hydrogen-bond donors (Lipinski definition) is 2. The van der Waals surface area contributed by atoms with Gasteiger partial charge in [-0.15, -0.1) is 0 Å². The predicted molar refractivity (Wildman–Crippen MR) is 103 cm³/mol. The van der Waals surface area contributed by atoms with Crippen LogP contribution in [0, 0.1) is 5.92 Å². The van der Waals surface area contributed by atoms with Gasteiger partial charge in [-0.2, -0.15) is 0 Å². The average Bonchev–Trinajstić information content (AvgIpc) is 3.42. The highest BCUT2D eigenvalue weighted by Crippen LogP contribution is 2.30. The Morgan fingerprint density at radius 3 is 2.32 bits per heavy atom. The zero-order valence-corrected chi connectivity index (χ0v) is 15.7. The van der Waals surface area contributed by atoms with Crippen molar-refractivity contribution < 1.29 is 9.59 Å². The lowest BCUT2D eigenvalue weighted by Gasteiger charge is -2.14. The van der Waals surface area contributed by atoms with Crippen LogP contribution < -0.4 is 10.6 Å². The van der Waals surface area contributed by atoms with E-state index in [1.807, 2.05) is 31.2 Å². The molecule has 0 radical (unpaired) electrons. The molecule has 1 unspecified atom stereocenters. The quantitative estimate of drug-likeness (QED) is 0.764. The molecule has 25 heavy (non-hydrogen) atoms. The van der Waals surface area contributed by atoms with E-state index in [2.05, 4.69) is 26.6 Å². The van der Waals surface area contributed by atoms with Gasteiger partial charge in [-0.1, -0.05) is 28.1 Å². The summed E-state index contributed by atoms with van der Waals surface area (Å²) in [6, 6.07) is 15.1. The summed E-state index contributed by atoms with van der Waals surface area (Å²) in [6.07, 6.45) is 2.72. The Labute approximate surface area is 156 Å². The molecule has 130 valence electrons. The Kier molecular flexibility index (Phi) is 5.53. The molecule has 0 aliphatic heterocycles. The number of hydrogen-bond acceptors (Lipinski definition) is 2. The van der Waals surface area contributed by atoms with Crippen molar-refractivity contribution in [1.82, 2.24) is 5.32 Å². The van der Waals surface area contributed by atoms with E-state index >= 15 is 0 Å². The molecular weight excluding hydrogens is 380 g/mol. The maximum Gasteiger partial charge on any atom is 0.251 e. The van der Waals surface area contributed by atoms with Crippen LogP contribution in [-0.4, -0.2) is 17.9 Å². The maximum atomic E-state index is 12.3. The molecular formula is C20H21BrN2O2. The number of carbonyl (C=O) groups excluding carboxylic acids is 2. The molecule has 2 N–H and O–H groups in total. The van der Waals surface area contributed by atoms with Crippen LogP contribution in [0.3, 0.4) is 0 Å². The fourth-order valence-corrected chi connectivity index (χ4v) is 2.89. The molecule has 2 aromatic carbocycles. The number of amides is 2. The van der Waals surface area contributed by atoms with Gasteiger partial charge < -0.3 is 10.6 Å². The molecule has 0 aromatic heterocycles. The third kappa shape index (κ3) is 5.16. The molecule has 1 atom stereocenters. The second-order valence-electron chi connectivity index (χ2n) is 6.55. The van der Waals surface area contributed by atoms with E-state index in [4.69, 9.17) is 0 Å². The van der Waals surface area contributed by atoms with Crippen LogP contribution in [0.5, 0.6) is 0 Å². The summed E-state index contributed by atoms with van der Waals surface area (Å²) in [5.74, 6) is 0.132. The van der Waals surface area contributed by atoms with Crippen molar-refractivity contribution in [2.45, 2.75) is 32.2 Å². The lowest BCUT2D eigenvalue weighted by molar-refractivity contribution is -0.117. The minimum Gasteiger partial charge on any atom is -0.349 e. The van der Waals surface area contributed by atoms with Gasteiger partial charge in [0.25, 0.3) is 5.91 Å². The fourth-order valence-electron chi connectivity index (χ4n) is 2.63. The van der Waals surface area contributed by atoms with Crippen LogP contribution >= 0.6 is 15.9 Å². The molecule has 1 aliphatic carbocycles. The first-order valence-electron chi connectivity index (χ1n) is 8.47. The molecule has 0 heterocycles. The summed E-state index contributed by atoms with van der Waals surface area (Å²) in [5.41, 5.74) is 2.50. The van der Waals surface area contributed by atoms with Crippen LogP contribution in [-0.2, 0) is 11.2 Å². The highest BCUT2D eigenvalue weighted by atomic mass is 79.9. The van der Waals surface area contributed by atoms with E-state index in [-0.39, 0.29) is 23.8 Å². The lowest BCUT2D eigenvalue weighted by atomic mass is 10.1. The van der Waals surface area contributed by atoms with E-state index in [0.29, 0.717) is 5.56 Å². The van der Waals surface area contributed by atoms with Gasteiger partial charge in [0.15, 0.2) is 0 Å². The zero-order valence-electron chi connectivity index (χ0n) is 14.1. The Hall–Kier alpha value is -2.14. The van der Waals surface area contributed by atoms with E-state index < -0.39 is 0 Å². The van der Waals surface area contributed by atoms with Crippen LogP contribution in [0.1, 0.15) is 35.7 Å². The molecule has 5 heteroatoms. The molecule has 3 rings (SSSR count). The molecule has 1 saturated carbocycles. The molecule has 0 bridgehead atoms. The monoisotopic (exact) mass is 400 g/mol. The smallest absolute Gasteiger partial charge is 0.251 e. The molecule has 2 aromatic rings. The van der Waals surface area contributed by atoms with Crippen molar-refractivity contribution in [2.75, 3.05) is 5.32 Å². The van der Waals surface area contributed by atoms with Crippen LogP contribution in [0.15, 0.2) is 53.0 Å². The zero-order chi connectivity index (χ0) is 17.8. The standard InChI is InChI=1S/C20H21BrN2O2/c1-13(12-14-2-8-17(21)9-3-14)22-19(24)16-6-10-18(11-7-16)23-20(25)15-4-5-15/h2-3,6-11,13,15H,4-5,12H2,1H3,(H,22,24)(H,23,25). The summed E-state index contributed by atoms with van der Waals surface area (Å²) in [6.45, 7) is 1.99. The van der Waals surface area contributed by atoms with Gasteiger partial charge in [-0.05, 0) is 68.1 Å². The number of nitrogens with one attached hydrogen (secondary N) is 2. The van der Waals surface area contributed by atoms with Crippen molar-refractivity contribution in [3.63, 3.8) is 0 Å². The molecule has 4 nitrogen and oxygen atoms in total. The van der Waals surface area contributed by atoms with E-state index in [1.54, 1.807) is 24.3 Å². The average molecular weight is 401 g/mol. The molecule has 2 amide bonds. The fraction of sp³-hybridized carbons (Fsp3) is 0.300. The second kappa shape index (κ2) is 7.83. The number of rotatable bonds is 6. The Morgan fingerprint density at radius 2 is 1.72 bits per heavy atom. The van der Waals surface area contributed by atoms with Crippen molar-refractivity contribution in [2.24, 2.45) is 5.92 Å². The van der Waals surface area contributed by atoms with E-state index in [9.17, 15) is 9.59 Å². The molecule has 0 saturated heterocycles. The van der Waals surface area contributed by atoms with Gasteiger partial charge >= 0.3 is 0 Å². The molecule has 0 spiro atoms. The number of halogens is 1. The lowest BCUT2D eigenvalue weighted by Crippen LogP contribution is -2.34. The van der Waals surface area contributed by atoms with Crippen LogP contribution in [0.4, 0.5) is 5.69 Å². The highest BCUT2D eigenvalue weighted by molar-refractivity contribution is 9.10. The minimum atomic E-state index is -0.107. The van der Waals surface area contributed by atoms with Gasteiger partial charge in [0.05, 0.1) is 0 Å². The van der Waals surface area contributed by atoms with E-state index in [0.717, 1.165) is 29.4 Å². The van der Waals surface area contributed by atoms with Gasteiger partial charge in [0.2, 0.25) is 5.91 Å². The third-order valence-electron chi connectivity index (χ3n) is 4.20. The van der Waals surface area contributed by atoms with Gasteiger partial charge in [-0.3, -0.25) is 9.59 Å². The summed E-state index contributed by atoms with van der Waals surface area (Å²) in [5, 5.41) is 5.88. The second-order valence-corrected chi connectivity index (χ2v) is 7.46. The summed E-state index contributed by atoms with van der Waals surface area (Å²) < 4.78 is 1.04. The molecule has 1 fully saturated rings. The highest BCUT2D eigenvalue weighted by Gasteiger charge is 2.29.